The van der Waals surface area contributed by atoms with Crippen molar-refractivity contribution in [2.75, 3.05) is 6.61 Å². The van der Waals surface area contributed by atoms with Crippen molar-refractivity contribution in [2.45, 2.75) is 71.6 Å². The first-order chi connectivity index (χ1) is 19.3. The van der Waals surface area contributed by atoms with Crippen molar-refractivity contribution in [2.24, 2.45) is 0 Å². The van der Waals surface area contributed by atoms with Crippen molar-refractivity contribution in [1.29, 1.82) is 0 Å². The fourth-order valence-corrected chi connectivity index (χ4v) is 4.65. The molecule has 0 spiro atoms. The number of hydrogen-bond acceptors (Lipinski definition) is 11. The Labute approximate surface area is 241 Å². The van der Waals surface area contributed by atoms with E-state index in [0.29, 0.717) is 28.3 Å². The second kappa shape index (κ2) is 14.1. The van der Waals surface area contributed by atoms with E-state index in [1.54, 1.807) is 42.5 Å². The number of halogens is 1. The molecule has 3 rings (SSSR count). The van der Waals surface area contributed by atoms with Gasteiger partial charge < -0.3 is 28.4 Å². The van der Waals surface area contributed by atoms with Crippen LogP contribution in [0.15, 0.2) is 42.5 Å². The molecule has 1 fully saturated rings. The minimum Gasteiger partial charge on any atom is -0.463 e. The molecule has 2 aromatic rings. The molecule has 12 heteroatoms. The number of rotatable bonds is 9. The molecule has 0 aliphatic carbocycles. The SMILES string of the molecule is CC(=O)OC[C@H]1O[C@@H](c2ccc(Cl)c(Cc3ccc(OC(C)=O)cc3)c2)[C@H](OC(C)=O)C(OC(C)=O)[C@@H]1OC(C)=O. The van der Waals surface area contributed by atoms with Crippen molar-refractivity contribution in [3.05, 3.63) is 64.2 Å². The van der Waals surface area contributed by atoms with Gasteiger partial charge in [0.1, 0.15) is 24.6 Å². The number of hydrogen-bond donors (Lipinski definition) is 0. The molecule has 0 amide bonds. The summed E-state index contributed by atoms with van der Waals surface area (Å²) in [4.78, 5) is 59.0. The molecule has 0 N–H and O–H groups in total. The minimum absolute atomic E-state index is 0.330. The maximum Gasteiger partial charge on any atom is 0.308 e. The minimum atomic E-state index is -1.28. The lowest BCUT2D eigenvalue weighted by atomic mass is 9.89. The van der Waals surface area contributed by atoms with E-state index in [4.69, 9.17) is 40.0 Å². The van der Waals surface area contributed by atoms with Crippen LogP contribution in [-0.2, 0) is 54.1 Å². The molecule has 1 heterocycles. The van der Waals surface area contributed by atoms with E-state index in [2.05, 4.69) is 0 Å². The third kappa shape index (κ3) is 9.02. The van der Waals surface area contributed by atoms with E-state index in [0.717, 1.165) is 19.4 Å². The van der Waals surface area contributed by atoms with E-state index < -0.39 is 60.4 Å². The first-order valence-corrected chi connectivity index (χ1v) is 13.1. The van der Waals surface area contributed by atoms with E-state index in [-0.39, 0.29) is 6.61 Å². The van der Waals surface area contributed by atoms with Crippen LogP contribution in [0, 0.1) is 0 Å². The number of carbonyl (C=O) groups excluding carboxylic acids is 5. The Balaban J connectivity index is 2.02. The largest absolute Gasteiger partial charge is 0.463 e. The van der Waals surface area contributed by atoms with E-state index in [9.17, 15) is 24.0 Å². The lowest BCUT2D eigenvalue weighted by Crippen LogP contribution is -2.59. The summed E-state index contributed by atoms with van der Waals surface area (Å²) in [6, 6.07) is 12.0. The molecule has 5 atom stereocenters. The van der Waals surface area contributed by atoms with Gasteiger partial charge >= 0.3 is 29.8 Å². The molecule has 0 bridgehead atoms. The number of carbonyl (C=O) groups is 5. The molecule has 41 heavy (non-hydrogen) atoms. The van der Waals surface area contributed by atoms with Gasteiger partial charge in [-0.05, 0) is 41.3 Å². The highest BCUT2D eigenvalue weighted by molar-refractivity contribution is 6.31. The molecule has 1 saturated heterocycles. The van der Waals surface area contributed by atoms with E-state index in [1.165, 1.54) is 20.8 Å². The molecule has 1 unspecified atom stereocenters. The Morgan fingerprint density at radius 3 is 1.88 bits per heavy atom. The molecule has 220 valence electrons. The summed E-state index contributed by atoms with van der Waals surface area (Å²) in [6.07, 6.45) is -5.48. The van der Waals surface area contributed by atoms with Crippen molar-refractivity contribution in [1.82, 2.24) is 0 Å². The summed E-state index contributed by atoms with van der Waals surface area (Å²) in [5.41, 5.74) is 2.07. The fourth-order valence-electron chi connectivity index (χ4n) is 4.47. The van der Waals surface area contributed by atoms with Crippen LogP contribution in [0.4, 0.5) is 0 Å². The molecule has 1 aliphatic rings. The summed E-state index contributed by atoms with van der Waals surface area (Å²) in [7, 11) is 0. The highest BCUT2D eigenvalue weighted by Gasteiger charge is 2.52. The van der Waals surface area contributed by atoms with Gasteiger partial charge in [0.25, 0.3) is 0 Å². The smallest absolute Gasteiger partial charge is 0.308 e. The van der Waals surface area contributed by atoms with Crippen molar-refractivity contribution < 1.29 is 52.4 Å². The first-order valence-electron chi connectivity index (χ1n) is 12.7. The maximum atomic E-state index is 12.2. The van der Waals surface area contributed by atoms with Gasteiger partial charge in [-0.25, -0.2) is 0 Å². The van der Waals surface area contributed by atoms with Crippen LogP contribution in [0.3, 0.4) is 0 Å². The van der Waals surface area contributed by atoms with E-state index in [1.807, 2.05) is 0 Å². The van der Waals surface area contributed by atoms with Gasteiger partial charge in [-0.15, -0.1) is 0 Å². The van der Waals surface area contributed by atoms with Gasteiger partial charge in [-0.2, -0.15) is 0 Å². The zero-order chi connectivity index (χ0) is 30.3. The van der Waals surface area contributed by atoms with Gasteiger partial charge in [-0.1, -0.05) is 35.9 Å². The van der Waals surface area contributed by atoms with Crippen LogP contribution in [0.2, 0.25) is 5.02 Å². The van der Waals surface area contributed by atoms with Gasteiger partial charge in [0.15, 0.2) is 18.3 Å². The Morgan fingerprint density at radius 1 is 0.732 bits per heavy atom. The quantitative estimate of drug-likeness (QED) is 0.240. The Hall–Kier alpha value is -3.96. The predicted octanol–water partition coefficient (Wildman–Crippen LogP) is 3.65. The molecule has 11 nitrogen and oxygen atoms in total. The van der Waals surface area contributed by atoms with E-state index >= 15 is 0 Å². The number of benzene rings is 2. The maximum absolute atomic E-state index is 12.2. The van der Waals surface area contributed by atoms with Gasteiger partial charge in [0.2, 0.25) is 0 Å². The van der Waals surface area contributed by atoms with Gasteiger partial charge in [-0.3, -0.25) is 24.0 Å². The van der Waals surface area contributed by atoms with Crippen LogP contribution in [0.5, 0.6) is 5.75 Å². The van der Waals surface area contributed by atoms with Crippen molar-refractivity contribution in [3.8, 4) is 5.75 Å². The molecular weight excluding hydrogens is 560 g/mol. The van der Waals surface area contributed by atoms with Crippen LogP contribution in [0.25, 0.3) is 0 Å². The third-order valence-corrected chi connectivity index (χ3v) is 6.34. The average molecular weight is 591 g/mol. The van der Waals surface area contributed by atoms with Crippen LogP contribution in [0.1, 0.15) is 57.4 Å². The Morgan fingerprint density at radius 2 is 1.32 bits per heavy atom. The third-order valence-electron chi connectivity index (χ3n) is 5.97. The highest BCUT2D eigenvalue weighted by Crippen LogP contribution is 2.39. The zero-order valence-corrected chi connectivity index (χ0v) is 24.0. The second-order valence-electron chi connectivity index (χ2n) is 9.39. The summed E-state index contributed by atoms with van der Waals surface area (Å²) >= 11 is 6.52. The van der Waals surface area contributed by atoms with Crippen LogP contribution in [-0.4, -0.2) is 60.9 Å². The molecular formula is C29H31ClO11. The zero-order valence-electron chi connectivity index (χ0n) is 23.2. The van der Waals surface area contributed by atoms with Gasteiger partial charge in [0.05, 0.1) is 0 Å². The lowest BCUT2D eigenvalue weighted by Gasteiger charge is -2.44. The first kappa shape index (κ1) is 31.6. The van der Waals surface area contributed by atoms with Crippen LogP contribution < -0.4 is 4.74 Å². The molecule has 0 aromatic heterocycles. The predicted molar refractivity (Wildman–Crippen MR) is 143 cm³/mol. The standard InChI is InChI=1S/C29H31ClO11/c1-15(31)36-14-25-27(38-17(3)33)29(40-19(5)35)28(39-18(4)34)26(41-25)21-8-11-24(30)22(13-21)12-20-6-9-23(10-7-20)37-16(2)32/h6-11,13,25-29H,12,14H2,1-5H3/t25-,26+,27-,28+,29?/m1/s1. The van der Waals surface area contributed by atoms with Crippen molar-refractivity contribution in [3.63, 3.8) is 0 Å². The normalized spacial score (nSPS) is 21.8. The molecule has 2 aromatic carbocycles. The topological polar surface area (TPSA) is 141 Å². The molecule has 0 saturated carbocycles. The monoisotopic (exact) mass is 590 g/mol. The molecule has 1 aliphatic heterocycles. The van der Waals surface area contributed by atoms with Crippen LogP contribution >= 0.6 is 11.6 Å². The van der Waals surface area contributed by atoms with Gasteiger partial charge in [0, 0.05) is 39.6 Å². The average Bonchev–Trinajstić information content (AvgIpc) is 2.86. The fraction of sp³-hybridized carbons (Fsp3) is 0.414. The summed E-state index contributed by atoms with van der Waals surface area (Å²) in [5.74, 6) is -2.76. The summed E-state index contributed by atoms with van der Waals surface area (Å²) in [5, 5.41) is 0.448. The highest BCUT2D eigenvalue weighted by atomic mass is 35.5. The summed E-state index contributed by atoms with van der Waals surface area (Å²) < 4.78 is 33.0. The Kier molecular flexibility index (Phi) is 10.8. The lowest BCUT2D eigenvalue weighted by molar-refractivity contribution is -0.254. The number of ether oxygens (including phenoxy) is 6. The molecule has 0 radical (unpaired) electrons. The summed E-state index contributed by atoms with van der Waals surface area (Å²) in [6.45, 7) is 5.69. The number of esters is 5. The Bertz CT molecular complexity index is 1290. The second-order valence-corrected chi connectivity index (χ2v) is 9.79. The van der Waals surface area contributed by atoms with Crippen molar-refractivity contribution >= 4 is 41.4 Å².